The van der Waals surface area contributed by atoms with Crippen molar-refractivity contribution in [2.75, 3.05) is 34.5 Å². The Hall–Kier alpha value is -3.83. The molecule has 1 unspecified atom stereocenters. The van der Waals surface area contributed by atoms with Gasteiger partial charge in [-0.2, -0.15) is 5.26 Å². The smallest absolute Gasteiger partial charge is 0.246 e. The zero-order chi connectivity index (χ0) is 27.7. The molecule has 1 fully saturated rings. The van der Waals surface area contributed by atoms with Gasteiger partial charge in [0.15, 0.2) is 11.5 Å². The Kier molecular flexibility index (Phi) is 7.62. The van der Waals surface area contributed by atoms with Gasteiger partial charge in [0.1, 0.15) is 11.7 Å². The van der Waals surface area contributed by atoms with Gasteiger partial charge in [0.05, 0.1) is 31.5 Å². The predicted molar refractivity (Wildman–Crippen MR) is 150 cm³/mol. The number of aryl methyl sites for hydroxylation is 2. The molecule has 8 nitrogen and oxygen atoms in total. The van der Waals surface area contributed by atoms with E-state index in [1.165, 1.54) is 0 Å². The van der Waals surface area contributed by atoms with Crippen LogP contribution in [0.15, 0.2) is 24.3 Å². The van der Waals surface area contributed by atoms with Crippen LogP contribution in [0, 0.1) is 25.2 Å². The minimum atomic E-state index is -0.0843. The van der Waals surface area contributed by atoms with Crippen LogP contribution in [0.3, 0.4) is 0 Å². The van der Waals surface area contributed by atoms with Crippen LogP contribution in [0.25, 0.3) is 17.1 Å². The van der Waals surface area contributed by atoms with Crippen molar-refractivity contribution in [3.05, 3.63) is 57.9 Å². The zero-order valence-corrected chi connectivity index (χ0v) is 23.4. The highest BCUT2D eigenvalue weighted by Crippen LogP contribution is 2.45. The predicted octanol–water partition coefficient (Wildman–Crippen LogP) is 5.12. The highest BCUT2D eigenvalue weighted by Gasteiger charge is 2.31. The van der Waals surface area contributed by atoms with Crippen LogP contribution in [0.1, 0.15) is 65.4 Å². The number of nitrogens with zero attached hydrogens (tertiary/aromatic N) is 4. The van der Waals surface area contributed by atoms with Crippen molar-refractivity contribution in [1.82, 2.24) is 14.5 Å². The van der Waals surface area contributed by atoms with E-state index in [0.29, 0.717) is 30.2 Å². The molecule has 3 aromatic rings. The Morgan fingerprint density at radius 2 is 1.97 bits per heavy atom. The lowest BCUT2D eigenvalue weighted by Gasteiger charge is -2.31. The van der Waals surface area contributed by atoms with Crippen molar-refractivity contribution in [2.24, 2.45) is 0 Å². The van der Waals surface area contributed by atoms with E-state index in [9.17, 15) is 10.1 Å². The fourth-order valence-electron chi connectivity index (χ4n) is 6.25. The first-order valence-corrected chi connectivity index (χ1v) is 13.6. The van der Waals surface area contributed by atoms with Crippen molar-refractivity contribution >= 4 is 23.0 Å². The van der Waals surface area contributed by atoms with E-state index in [1.54, 1.807) is 25.2 Å². The van der Waals surface area contributed by atoms with E-state index in [4.69, 9.17) is 19.2 Å². The first kappa shape index (κ1) is 26.8. The van der Waals surface area contributed by atoms with Crippen molar-refractivity contribution in [3.63, 3.8) is 0 Å². The third kappa shape index (κ3) is 4.76. The quantitative estimate of drug-likeness (QED) is 0.413. The van der Waals surface area contributed by atoms with Gasteiger partial charge < -0.3 is 23.7 Å². The van der Waals surface area contributed by atoms with Crippen molar-refractivity contribution < 1.29 is 19.0 Å². The van der Waals surface area contributed by atoms with Gasteiger partial charge in [-0.15, -0.1) is 0 Å². The summed E-state index contributed by atoms with van der Waals surface area (Å²) in [7, 11) is 5.16. The Morgan fingerprint density at radius 1 is 1.21 bits per heavy atom. The number of benzene rings is 1. The first-order valence-electron chi connectivity index (χ1n) is 13.6. The van der Waals surface area contributed by atoms with E-state index in [1.807, 2.05) is 39.1 Å². The lowest BCUT2D eigenvalue weighted by molar-refractivity contribution is -0.128. The molecule has 204 valence electrons. The minimum Gasteiger partial charge on any atom is -0.493 e. The number of rotatable bonds is 6. The molecule has 0 radical (unpaired) electrons. The maximum Gasteiger partial charge on any atom is 0.246 e. The Bertz CT molecular complexity index is 1480. The number of aromatic nitrogens is 2. The molecule has 8 heteroatoms. The first-order chi connectivity index (χ1) is 18.9. The Morgan fingerprint density at radius 3 is 2.67 bits per heavy atom. The Balaban J connectivity index is 1.68. The molecule has 5 rings (SSSR count). The van der Waals surface area contributed by atoms with E-state index in [2.05, 4.69) is 16.7 Å². The van der Waals surface area contributed by atoms with Crippen LogP contribution in [-0.2, 0) is 16.0 Å². The van der Waals surface area contributed by atoms with E-state index in [-0.39, 0.29) is 18.0 Å². The average Bonchev–Trinajstić information content (AvgIpc) is 3.27. The molecule has 1 saturated heterocycles. The second-order valence-corrected chi connectivity index (χ2v) is 10.4. The van der Waals surface area contributed by atoms with E-state index < -0.39 is 0 Å². The van der Waals surface area contributed by atoms with Crippen molar-refractivity contribution in [2.45, 2.75) is 58.0 Å². The summed E-state index contributed by atoms with van der Waals surface area (Å²) in [6, 6.07) is 8.56. The number of fused-ring (bicyclic) bond motifs is 2. The fraction of sp³-hybridized carbons (Fsp3) is 0.452. The zero-order valence-electron chi connectivity index (χ0n) is 23.4. The fourth-order valence-corrected chi connectivity index (χ4v) is 6.25. The molecular formula is C31H36N4O4. The maximum atomic E-state index is 13.3. The SMILES string of the molecule is COc1ccc2c(c1OC)CCCC2n1c(/C=C/C(=O)N(C)C2CCOCC2)c(C#N)c2c(C)cc(C)nc21. The van der Waals surface area contributed by atoms with Gasteiger partial charge in [-0.05, 0) is 75.3 Å². The number of amides is 1. The largest absolute Gasteiger partial charge is 0.493 e. The van der Waals surface area contributed by atoms with Gasteiger partial charge in [-0.25, -0.2) is 4.98 Å². The molecule has 2 aliphatic rings. The molecule has 0 saturated carbocycles. The lowest BCUT2D eigenvalue weighted by atomic mass is 9.86. The summed E-state index contributed by atoms with van der Waals surface area (Å²) in [5, 5.41) is 11.2. The number of carbonyl (C=O) groups is 1. The van der Waals surface area contributed by atoms with Gasteiger partial charge in [0.2, 0.25) is 5.91 Å². The number of methoxy groups -OCH3 is 2. The molecule has 1 aliphatic carbocycles. The third-order valence-electron chi connectivity index (χ3n) is 8.16. The van der Waals surface area contributed by atoms with Crippen LogP contribution in [0.2, 0.25) is 0 Å². The molecule has 0 spiro atoms. The summed E-state index contributed by atoms with van der Waals surface area (Å²) in [5.41, 5.74) is 6.13. The molecule has 2 aromatic heterocycles. The highest BCUT2D eigenvalue weighted by molar-refractivity contribution is 5.96. The van der Waals surface area contributed by atoms with Crippen LogP contribution in [0.5, 0.6) is 11.5 Å². The summed E-state index contributed by atoms with van der Waals surface area (Å²) < 4.78 is 19.0. The summed E-state index contributed by atoms with van der Waals surface area (Å²) in [5.74, 6) is 1.37. The molecule has 39 heavy (non-hydrogen) atoms. The third-order valence-corrected chi connectivity index (χ3v) is 8.16. The second kappa shape index (κ2) is 11.1. The molecule has 1 atom stereocenters. The van der Waals surface area contributed by atoms with Gasteiger partial charge in [-0.3, -0.25) is 4.79 Å². The second-order valence-electron chi connectivity index (χ2n) is 10.4. The number of likely N-dealkylation sites (N-methyl/N-ethyl adjacent to an activating group) is 1. The molecule has 1 aromatic carbocycles. The van der Waals surface area contributed by atoms with Crippen LogP contribution in [-0.4, -0.2) is 60.9 Å². The van der Waals surface area contributed by atoms with Gasteiger partial charge >= 0.3 is 0 Å². The van der Waals surface area contributed by atoms with Crippen LogP contribution in [0.4, 0.5) is 0 Å². The lowest BCUT2D eigenvalue weighted by Crippen LogP contribution is -2.39. The van der Waals surface area contributed by atoms with E-state index >= 15 is 0 Å². The molecule has 1 aliphatic heterocycles. The highest BCUT2D eigenvalue weighted by atomic mass is 16.5. The topological polar surface area (TPSA) is 89.6 Å². The van der Waals surface area contributed by atoms with E-state index in [0.717, 1.165) is 71.3 Å². The summed E-state index contributed by atoms with van der Waals surface area (Å²) in [4.78, 5) is 20.0. The number of nitriles is 1. The number of ether oxygens (including phenoxy) is 3. The van der Waals surface area contributed by atoms with Gasteiger partial charge in [-0.1, -0.05) is 6.07 Å². The average molecular weight is 529 g/mol. The summed E-state index contributed by atoms with van der Waals surface area (Å²) in [6.45, 7) is 5.32. The number of hydrogen-bond donors (Lipinski definition) is 0. The maximum absolute atomic E-state index is 13.3. The van der Waals surface area contributed by atoms with Crippen molar-refractivity contribution in [3.8, 4) is 17.6 Å². The molecule has 3 heterocycles. The summed E-state index contributed by atoms with van der Waals surface area (Å²) >= 11 is 0. The van der Waals surface area contributed by atoms with Gasteiger partial charge in [0, 0.05) is 49.0 Å². The van der Waals surface area contributed by atoms with Crippen LogP contribution < -0.4 is 9.47 Å². The Labute approximate surface area is 229 Å². The number of pyridine rings is 1. The molecular weight excluding hydrogens is 492 g/mol. The standard InChI is InChI=1S/C31H36N4O4/c1-19-17-20(2)33-31-29(19)24(18-32)26(10-12-28(36)34(3)21-13-15-39-16-14-21)35(31)25-8-6-7-23-22(25)9-11-27(37-4)30(23)38-5/h9-12,17,21,25H,6-8,13-16H2,1-5H3/b12-10+. The summed E-state index contributed by atoms with van der Waals surface area (Å²) in [6.07, 6.45) is 7.76. The molecule has 1 amide bonds. The number of hydrogen-bond acceptors (Lipinski definition) is 6. The molecule has 0 N–H and O–H groups in total. The molecule has 0 bridgehead atoms. The monoisotopic (exact) mass is 528 g/mol. The van der Waals surface area contributed by atoms with Gasteiger partial charge in [0.25, 0.3) is 0 Å². The normalized spacial score (nSPS) is 17.7. The van der Waals surface area contributed by atoms with Crippen LogP contribution >= 0.6 is 0 Å². The number of carbonyl (C=O) groups excluding carboxylic acids is 1. The van der Waals surface area contributed by atoms with Crippen molar-refractivity contribution in [1.29, 1.82) is 5.26 Å². The minimum absolute atomic E-state index is 0.0742.